The summed E-state index contributed by atoms with van der Waals surface area (Å²) in [5.74, 6) is 1.83. The Hall–Kier alpha value is -2.85. The van der Waals surface area contributed by atoms with Gasteiger partial charge in [0.1, 0.15) is 17.2 Å². The molecule has 3 nitrogen and oxygen atoms in total. The van der Waals surface area contributed by atoms with Crippen molar-refractivity contribution in [3.63, 3.8) is 0 Å². The van der Waals surface area contributed by atoms with Gasteiger partial charge in [0.2, 0.25) is 0 Å². The summed E-state index contributed by atoms with van der Waals surface area (Å²) in [7, 11) is 0. The molecule has 0 radical (unpaired) electrons. The molecule has 0 saturated heterocycles. The van der Waals surface area contributed by atoms with Crippen LogP contribution in [0.5, 0.6) is 0 Å². The number of benzene rings is 2. The fourth-order valence-corrected chi connectivity index (χ4v) is 4.09. The molecule has 122 valence electrons. The van der Waals surface area contributed by atoms with Crippen LogP contribution < -0.4 is 5.32 Å². The van der Waals surface area contributed by atoms with Crippen LogP contribution in [0.1, 0.15) is 5.56 Å². The lowest BCUT2D eigenvalue weighted by Gasteiger charge is -2.07. The molecule has 1 aliphatic rings. The van der Waals surface area contributed by atoms with Gasteiger partial charge in [0, 0.05) is 33.5 Å². The Labute approximate surface area is 149 Å². The van der Waals surface area contributed by atoms with E-state index in [2.05, 4.69) is 58.2 Å². The lowest BCUT2D eigenvalue weighted by atomic mass is 10.0. The lowest BCUT2D eigenvalue weighted by Crippen LogP contribution is -2.20. The van der Waals surface area contributed by atoms with Gasteiger partial charge in [-0.05, 0) is 23.6 Å². The van der Waals surface area contributed by atoms with Crippen molar-refractivity contribution in [1.29, 1.82) is 0 Å². The fourth-order valence-electron chi connectivity index (χ4n) is 3.32. The maximum atomic E-state index is 6.21. The van der Waals surface area contributed by atoms with E-state index in [1.807, 2.05) is 18.2 Å². The van der Waals surface area contributed by atoms with E-state index in [9.17, 15) is 0 Å². The minimum atomic E-state index is 0.826. The zero-order valence-corrected chi connectivity index (χ0v) is 14.3. The molecule has 4 aromatic rings. The van der Waals surface area contributed by atoms with Crippen molar-refractivity contribution >= 4 is 28.1 Å². The molecule has 1 aliphatic heterocycles. The molecule has 25 heavy (non-hydrogen) atoms. The Balaban J connectivity index is 1.69. The number of rotatable bonds is 3. The fraction of sp³-hybridized carbons (Fsp3) is 0.0952. The number of nitrogens with one attached hydrogen (secondary N) is 1. The van der Waals surface area contributed by atoms with Gasteiger partial charge in [-0.15, -0.1) is 11.3 Å². The van der Waals surface area contributed by atoms with Gasteiger partial charge >= 0.3 is 0 Å². The first-order valence-corrected chi connectivity index (χ1v) is 9.23. The highest BCUT2D eigenvalue weighted by Crippen LogP contribution is 2.37. The number of furan rings is 1. The number of nitrogens with zero attached hydrogens (tertiary/aromatic N) is 1. The van der Waals surface area contributed by atoms with E-state index in [1.54, 1.807) is 11.3 Å². The van der Waals surface area contributed by atoms with Crippen molar-refractivity contribution in [3.8, 4) is 21.8 Å². The number of amidine groups is 1. The quantitative estimate of drug-likeness (QED) is 0.556. The van der Waals surface area contributed by atoms with E-state index < -0.39 is 0 Å². The second-order valence-corrected chi connectivity index (χ2v) is 6.96. The number of aliphatic imine (C=N–C) groups is 1. The first-order chi connectivity index (χ1) is 12.4. The summed E-state index contributed by atoms with van der Waals surface area (Å²) in [5, 5.41) is 6.62. The van der Waals surface area contributed by atoms with Crippen molar-refractivity contribution in [1.82, 2.24) is 5.32 Å². The Bertz CT molecular complexity index is 1080. The molecule has 0 aliphatic carbocycles. The maximum Gasteiger partial charge on any atom is 0.136 e. The van der Waals surface area contributed by atoms with E-state index in [-0.39, 0.29) is 0 Å². The summed E-state index contributed by atoms with van der Waals surface area (Å²) in [6.07, 6.45) is 0. The highest BCUT2D eigenvalue weighted by molar-refractivity contribution is 7.13. The van der Waals surface area contributed by atoms with Crippen molar-refractivity contribution in [2.45, 2.75) is 0 Å². The third kappa shape index (κ3) is 2.46. The molecule has 3 heterocycles. The zero-order valence-electron chi connectivity index (χ0n) is 13.5. The largest absolute Gasteiger partial charge is 0.456 e. The summed E-state index contributed by atoms with van der Waals surface area (Å²) < 4.78 is 6.21. The van der Waals surface area contributed by atoms with Crippen LogP contribution in [0.4, 0.5) is 0 Å². The molecule has 0 unspecified atom stereocenters. The second-order valence-electron chi connectivity index (χ2n) is 6.01. The van der Waals surface area contributed by atoms with Crippen LogP contribution in [0.25, 0.3) is 32.7 Å². The molecular formula is C21H16N2OS. The molecule has 0 bridgehead atoms. The topological polar surface area (TPSA) is 37.5 Å². The van der Waals surface area contributed by atoms with Gasteiger partial charge in [-0.1, -0.05) is 42.5 Å². The molecule has 2 aromatic heterocycles. The van der Waals surface area contributed by atoms with E-state index in [1.165, 1.54) is 10.4 Å². The third-order valence-electron chi connectivity index (χ3n) is 4.47. The second kappa shape index (κ2) is 5.90. The van der Waals surface area contributed by atoms with Crippen molar-refractivity contribution in [2.24, 2.45) is 4.99 Å². The predicted octanol–water partition coefficient (Wildman–Crippen LogP) is 5.18. The average molecular weight is 344 g/mol. The molecule has 2 aromatic carbocycles. The lowest BCUT2D eigenvalue weighted by molar-refractivity contribution is 0.631. The Morgan fingerprint density at radius 2 is 1.80 bits per heavy atom. The van der Waals surface area contributed by atoms with E-state index in [4.69, 9.17) is 4.42 Å². The van der Waals surface area contributed by atoms with Crippen LogP contribution in [-0.2, 0) is 0 Å². The van der Waals surface area contributed by atoms with Gasteiger partial charge in [0.15, 0.2) is 0 Å². The molecule has 0 saturated carbocycles. The first-order valence-electron chi connectivity index (χ1n) is 8.35. The highest BCUT2D eigenvalue weighted by atomic mass is 32.1. The summed E-state index contributed by atoms with van der Waals surface area (Å²) in [4.78, 5) is 5.83. The van der Waals surface area contributed by atoms with Crippen LogP contribution >= 0.6 is 11.3 Å². The van der Waals surface area contributed by atoms with E-state index in [0.717, 1.165) is 46.8 Å². The van der Waals surface area contributed by atoms with Crippen LogP contribution in [0.2, 0.25) is 0 Å². The molecular weight excluding hydrogens is 328 g/mol. The van der Waals surface area contributed by atoms with E-state index in [0.29, 0.717) is 0 Å². The third-order valence-corrected chi connectivity index (χ3v) is 5.37. The van der Waals surface area contributed by atoms with Crippen molar-refractivity contribution in [2.75, 3.05) is 13.1 Å². The molecule has 0 fully saturated rings. The predicted molar refractivity (Wildman–Crippen MR) is 104 cm³/mol. The SMILES string of the molecule is c1csc(-c2cccc3oc(-c4ccccc4C4=NCCN4)cc23)c1. The van der Waals surface area contributed by atoms with Crippen molar-refractivity contribution < 1.29 is 4.42 Å². The van der Waals surface area contributed by atoms with Crippen LogP contribution in [0.15, 0.2) is 75.5 Å². The van der Waals surface area contributed by atoms with Gasteiger partial charge in [-0.3, -0.25) is 4.99 Å². The zero-order chi connectivity index (χ0) is 16.6. The summed E-state index contributed by atoms with van der Waals surface area (Å²) in [6.45, 7) is 1.72. The van der Waals surface area contributed by atoms with Gasteiger partial charge in [0.25, 0.3) is 0 Å². The smallest absolute Gasteiger partial charge is 0.136 e. The molecule has 1 N–H and O–H groups in total. The van der Waals surface area contributed by atoms with E-state index >= 15 is 0 Å². The highest BCUT2D eigenvalue weighted by Gasteiger charge is 2.17. The summed E-state index contributed by atoms with van der Waals surface area (Å²) >= 11 is 1.75. The molecule has 0 atom stereocenters. The Morgan fingerprint density at radius 1 is 0.920 bits per heavy atom. The maximum absolute atomic E-state index is 6.21. The number of fused-ring (bicyclic) bond motifs is 1. The minimum absolute atomic E-state index is 0.826. The van der Waals surface area contributed by atoms with Gasteiger partial charge in [-0.2, -0.15) is 0 Å². The number of hydrogen-bond acceptors (Lipinski definition) is 4. The van der Waals surface area contributed by atoms with Gasteiger partial charge in [-0.25, -0.2) is 0 Å². The summed E-state index contributed by atoms with van der Waals surface area (Å²) in [6, 6.07) is 20.9. The molecule has 0 amide bonds. The van der Waals surface area contributed by atoms with Crippen LogP contribution in [0, 0.1) is 0 Å². The Kier molecular flexibility index (Phi) is 3.42. The van der Waals surface area contributed by atoms with Gasteiger partial charge < -0.3 is 9.73 Å². The van der Waals surface area contributed by atoms with Gasteiger partial charge in [0.05, 0.1) is 6.54 Å². The van der Waals surface area contributed by atoms with Crippen molar-refractivity contribution in [3.05, 3.63) is 71.6 Å². The summed E-state index contributed by atoms with van der Waals surface area (Å²) in [5.41, 5.74) is 4.30. The average Bonchev–Trinajstić information content (AvgIpc) is 3.42. The number of thiophene rings is 1. The molecule has 5 rings (SSSR count). The minimum Gasteiger partial charge on any atom is -0.456 e. The van der Waals surface area contributed by atoms with Crippen LogP contribution in [-0.4, -0.2) is 18.9 Å². The molecule has 4 heteroatoms. The Morgan fingerprint density at radius 3 is 2.60 bits per heavy atom. The first kappa shape index (κ1) is 14.5. The standard InChI is InChI=1S/C21H16N2OS/c1-2-6-16(21-22-10-11-23-21)14(5-1)19-13-17-15(20-9-4-12-25-20)7-3-8-18(17)24-19/h1-9,12-13H,10-11H2,(H,22,23). The molecule has 0 spiro atoms. The normalized spacial score (nSPS) is 13.8. The number of hydrogen-bond donors (Lipinski definition) is 1. The monoisotopic (exact) mass is 344 g/mol. The van der Waals surface area contributed by atoms with Crippen LogP contribution in [0.3, 0.4) is 0 Å².